The van der Waals surface area contributed by atoms with E-state index in [1.807, 2.05) is 0 Å². The zero-order valence-electron chi connectivity index (χ0n) is 12.0. The van der Waals surface area contributed by atoms with E-state index in [1.165, 1.54) is 6.92 Å². The lowest BCUT2D eigenvalue weighted by molar-refractivity contribution is -0.127. The van der Waals surface area contributed by atoms with Gasteiger partial charge in [0.1, 0.15) is 12.4 Å². The number of hydrogen-bond acceptors (Lipinski definition) is 4. The molecule has 0 aliphatic heterocycles. The number of rotatable bonds is 6. The molecule has 0 spiro atoms. The number of hydrogen-bond donors (Lipinski definition) is 1. The van der Waals surface area contributed by atoms with Crippen LogP contribution in [0.1, 0.15) is 13.8 Å². The third-order valence-electron chi connectivity index (χ3n) is 2.61. The van der Waals surface area contributed by atoms with Crippen LogP contribution in [0.5, 0.6) is 5.75 Å². The number of benzene rings is 1. The largest absolute Gasteiger partial charge is 0.492 e. The van der Waals surface area contributed by atoms with Crippen LogP contribution in [0.2, 0.25) is 0 Å². The predicted molar refractivity (Wildman–Crippen MR) is 75.9 cm³/mol. The molecule has 110 valence electrons. The van der Waals surface area contributed by atoms with Crippen LogP contribution >= 0.6 is 0 Å². The molecule has 0 radical (unpaired) electrons. The average molecular weight is 280 g/mol. The molecule has 2 amide bonds. The number of anilines is 1. The first-order valence-corrected chi connectivity index (χ1v) is 6.41. The lowest BCUT2D eigenvalue weighted by Crippen LogP contribution is -2.28. The molecule has 1 aromatic carbocycles. The number of carbonyl (C=O) groups is 2. The molecule has 0 heterocycles. The van der Waals surface area contributed by atoms with Crippen LogP contribution in [0.15, 0.2) is 24.3 Å². The fourth-order valence-corrected chi connectivity index (χ4v) is 1.38. The number of amides is 2. The lowest BCUT2D eigenvalue weighted by Gasteiger charge is -2.15. The number of ether oxygens (including phenoxy) is 2. The van der Waals surface area contributed by atoms with Crippen molar-refractivity contribution >= 4 is 17.7 Å². The van der Waals surface area contributed by atoms with E-state index in [2.05, 4.69) is 5.32 Å². The van der Waals surface area contributed by atoms with Gasteiger partial charge in [0.05, 0.1) is 13.2 Å². The van der Waals surface area contributed by atoms with Crippen LogP contribution in [-0.4, -0.2) is 43.7 Å². The van der Waals surface area contributed by atoms with Crippen LogP contribution < -0.4 is 10.1 Å². The van der Waals surface area contributed by atoms with Gasteiger partial charge in [-0.2, -0.15) is 0 Å². The molecule has 0 atom stereocenters. The third kappa shape index (κ3) is 5.60. The minimum absolute atomic E-state index is 0.00239. The van der Waals surface area contributed by atoms with E-state index in [1.54, 1.807) is 43.1 Å². The van der Waals surface area contributed by atoms with E-state index in [4.69, 9.17) is 9.47 Å². The molecule has 6 heteroatoms. The SMILES string of the molecule is CCOC(=O)Nc1ccc(OCCN(C)C(C)=O)cc1. The molecule has 1 aromatic rings. The van der Waals surface area contributed by atoms with Crippen molar-refractivity contribution in [2.24, 2.45) is 0 Å². The van der Waals surface area contributed by atoms with Gasteiger partial charge in [-0.15, -0.1) is 0 Å². The van der Waals surface area contributed by atoms with Crippen molar-refractivity contribution in [3.05, 3.63) is 24.3 Å². The third-order valence-corrected chi connectivity index (χ3v) is 2.61. The monoisotopic (exact) mass is 280 g/mol. The molecule has 0 aliphatic carbocycles. The Hall–Kier alpha value is -2.24. The second kappa shape index (κ2) is 8.04. The van der Waals surface area contributed by atoms with Crippen LogP contribution in [0.3, 0.4) is 0 Å². The van der Waals surface area contributed by atoms with Gasteiger partial charge in [-0.25, -0.2) is 4.79 Å². The van der Waals surface area contributed by atoms with E-state index in [9.17, 15) is 9.59 Å². The van der Waals surface area contributed by atoms with Crippen molar-refractivity contribution in [2.45, 2.75) is 13.8 Å². The zero-order valence-corrected chi connectivity index (χ0v) is 12.0. The Morgan fingerprint density at radius 2 is 1.90 bits per heavy atom. The first kappa shape index (κ1) is 15.8. The van der Waals surface area contributed by atoms with Gasteiger partial charge in [-0.1, -0.05) is 0 Å². The molecule has 0 saturated heterocycles. The first-order chi connectivity index (χ1) is 9.52. The highest BCUT2D eigenvalue weighted by atomic mass is 16.5. The van der Waals surface area contributed by atoms with Crippen LogP contribution in [0, 0.1) is 0 Å². The van der Waals surface area contributed by atoms with Crippen molar-refractivity contribution in [1.29, 1.82) is 0 Å². The topological polar surface area (TPSA) is 67.9 Å². The van der Waals surface area contributed by atoms with Gasteiger partial charge in [0.15, 0.2) is 0 Å². The van der Waals surface area contributed by atoms with E-state index in [0.717, 1.165) is 0 Å². The molecular weight excluding hydrogens is 260 g/mol. The average Bonchev–Trinajstić information content (AvgIpc) is 2.40. The molecule has 1 rings (SSSR count). The molecule has 0 saturated carbocycles. The molecule has 0 unspecified atom stereocenters. The van der Waals surface area contributed by atoms with Gasteiger partial charge in [-0.05, 0) is 31.2 Å². The first-order valence-electron chi connectivity index (χ1n) is 6.41. The Balaban J connectivity index is 2.39. The summed E-state index contributed by atoms with van der Waals surface area (Å²) in [6.07, 6.45) is -0.482. The van der Waals surface area contributed by atoms with E-state index < -0.39 is 6.09 Å². The van der Waals surface area contributed by atoms with Crippen molar-refractivity contribution in [1.82, 2.24) is 4.90 Å². The molecule has 0 aliphatic rings. The van der Waals surface area contributed by atoms with E-state index >= 15 is 0 Å². The Morgan fingerprint density at radius 1 is 1.25 bits per heavy atom. The summed E-state index contributed by atoms with van der Waals surface area (Å²) in [5.74, 6) is 0.680. The number of nitrogens with zero attached hydrogens (tertiary/aromatic N) is 1. The Labute approximate surface area is 118 Å². The number of nitrogens with one attached hydrogen (secondary N) is 1. The summed E-state index contributed by atoms with van der Waals surface area (Å²) < 4.78 is 10.3. The van der Waals surface area contributed by atoms with Crippen molar-refractivity contribution in [2.75, 3.05) is 32.1 Å². The summed E-state index contributed by atoms with van der Waals surface area (Å²) in [5, 5.41) is 2.59. The highest BCUT2D eigenvalue weighted by Gasteiger charge is 2.03. The minimum atomic E-state index is -0.482. The maximum Gasteiger partial charge on any atom is 0.411 e. The molecule has 1 N–H and O–H groups in total. The van der Waals surface area contributed by atoms with E-state index in [0.29, 0.717) is 31.2 Å². The fraction of sp³-hybridized carbons (Fsp3) is 0.429. The van der Waals surface area contributed by atoms with Crippen LogP contribution in [0.4, 0.5) is 10.5 Å². The summed E-state index contributed by atoms with van der Waals surface area (Å²) in [4.78, 5) is 23.8. The Morgan fingerprint density at radius 3 is 2.45 bits per heavy atom. The molecule has 0 bridgehead atoms. The summed E-state index contributed by atoms with van der Waals surface area (Å²) in [5.41, 5.74) is 0.636. The van der Waals surface area contributed by atoms with Crippen molar-refractivity contribution in [3.8, 4) is 5.75 Å². The molecule has 6 nitrogen and oxygen atoms in total. The molecule has 0 fully saturated rings. The van der Waals surface area contributed by atoms with Crippen LogP contribution in [-0.2, 0) is 9.53 Å². The summed E-state index contributed by atoms with van der Waals surface area (Å²) in [6.45, 7) is 4.53. The highest BCUT2D eigenvalue weighted by Crippen LogP contribution is 2.15. The second-order valence-electron chi connectivity index (χ2n) is 4.16. The van der Waals surface area contributed by atoms with Gasteiger partial charge in [0.25, 0.3) is 0 Å². The number of carbonyl (C=O) groups excluding carboxylic acids is 2. The van der Waals surface area contributed by atoms with Gasteiger partial charge in [-0.3, -0.25) is 10.1 Å². The van der Waals surface area contributed by atoms with Crippen LogP contribution in [0.25, 0.3) is 0 Å². The summed E-state index contributed by atoms with van der Waals surface area (Å²) >= 11 is 0. The summed E-state index contributed by atoms with van der Waals surface area (Å²) in [7, 11) is 1.72. The van der Waals surface area contributed by atoms with Crippen molar-refractivity contribution < 1.29 is 19.1 Å². The lowest BCUT2D eigenvalue weighted by atomic mass is 10.3. The number of likely N-dealkylation sites (N-methyl/N-ethyl adjacent to an activating group) is 1. The quantitative estimate of drug-likeness (QED) is 0.866. The Bertz CT molecular complexity index is 445. The van der Waals surface area contributed by atoms with Gasteiger partial charge in [0.2, 0.25) is 5.91 Å². The minimum Gasteiger partial charge on any atom is -0.492 e. The van der Waals surface area contributed by atoms with Crippen molar-refractivity contribution in [3.63, 3.8) is 0 Å². The molecule has 20 heavy (non-hydrogen) atoms. The highest BCUT2D eigenvalue weighted by molar-refractivity contribution is 5.84. The van der Waals surface area contributed by atoms with Gasteiger partial charge >= 0.3 is 6.09 Å². The summed E-state index contributed by atoms with van der Waals surface area (Å²) in [6, 6.07) is 6.94. The van der Waals surface area contributed by atoms with E-state index in [-0.39, 0.29) is 5.91 Å². The normalized spacial score (nSPS) is 9.75. The fourth-order valence-electron chi connectivity index (χ4n) is 1.38. The van der Waals surface area contributed by atoms with Gasteiger partial charge in [0, 0.05) is 19.7 Å². The molecular formula is C14H20N2O4. The Kier molecular flexibility index (Phi) is 6.36. The van der Waals surface area contributed by atoms with Gasteiger partial charge < -0.3 is 14.4 Å². The zero-order chi connectivity index (χ0) is 15.0. The molecule has 0 aromatic heterocycles. The predicted octanol–water partition coefficient (Wildman–Crippen LogP) is 2.11. The maximum absolute atomic E-state index is 11.2. The second-order valence-corrected chi connectivity index (χ2v) is 4.16. The standard InChI is InChI=1S/C14H20N2O4/c1-4-19-14(18)15-12-5-7-13(8-6-12)20-10-9-16(3)11(2)17/h5-8H,4,9-10H2,1-3H3,(H,15,18). The smallest absolute Gasteiger partial charge is 0.411 e. The maximum atomic E-state index is 11.2.